The monoisotopic (exact) mass is 494 g/mol. The molecule has 0 radical (unpaired) electrons. The summed E-state index contributed by atoms with van der Waals surface area (Å²) < 4.78 is 6.20. The number of aliphatic imine (C=N–C) groups is 1. The fraction of sp³-hybridized carbons (Fsp3) is 0.105. The molecule has 6 nitrogen and oxygen atoms in total. The molecule has 1 N–H and O–H groups in total. The van der Waals surface area contributed by atoms with E-state index in [0.29, 0.717) is 15.8 Å². The Morgan fingerprint density at radius 1 is 1.30 bits per heavy atom. The van der Waals surface area contributed by atoms with Gasteiger partial charge in [0, 0.05) is 7.05 Å². The summed E-state index contributed by atoms with van der Waals surface area (Å²) in [6, 6.07) is 12.0. The van der Waals surface area contributed by atoms with Crippen LogP contribution in [0.4, 0.5) is 5.69 Å². The minimum absolute atomic E-state index is 0.150. The van der Waals surface area contributed by atoms with Gasteiger partial charge in [-0.15, -0.1) is 0 Å². The fourth-order valence-corrected chi connectivity index (χ4v) is 4.14. The number of hydrogen-bond acceptors (Lipinski definition) is 5. The van der Waals surface area contributed by atoms with Crippen molar-refractivity contribution in [3.05, 3.63) is 62.1 Å². The summed E-state index contributed by atoms with van der Waals surface area (Å²) >= 11 is 3.43. The zero-order chi connectivity index (χ0) is 19.6. The van der Waals surface area contributed by atoms with Crippen molar-refractivity contribution < 1.29 is 19.4 Å². The van der Waals surface area contributed by atoms with E-state index in [4.69, 9.17) is 9.84 Å². The van der Waals surface area contributed by atoms with Gasteiger partial charge in [-0.1, -0.05) is 12.1 Å². The quantitative estimate of drug-likeness (QED) is 0.509. The second-order valence-corrected chi connectivity index (χ2v) is 7.79. The Kier molecular flexibility index (Phi) is 5.85. The first-order valence-corrected chi connectivity index (χ1v) is 9.72. The van der Waals surface area contributed by atoms with Gasteiger partial charge >= 0.3 is 5.97 Å². The molecule has 0 atom stereocenters. The van der Waals surface area contributed by atoms with Gasteiger partial charge in [0.05, 0.1) is 26.8 Å². The smallest absolute Gasteiger partial charge is 0.335 e. The average molecular weight is 494 g/mol. The highest BCUT2D eigenvalue weighted by Gasteiger charge is 2.30. The number of carbonyl (C=O) groups excluding carboxylic acids is 1. The van der Waals surface area contributed by atoms with Gasteiger partial charge in [-0.25, -0.2) is 9.79 Å². The number of aromatic carboxylic acids is 1. The van der Waals surface area contributed by atoms with Gasteiger partial charge in [-0.05, 0) is 76.3 Å². The number of likely N-dealkylation sites (N-methyl/N-ethyl adjacent to an activating group) is 1. The Balaban J connectivity index is 1.89. The topological polar surface area (TPSA) is 79.2 Å². The number of amidine groups is 1. The SMILES string of the molecule is COc1ccc(C=C2SC(=Nc3cccc(C(=O)O)c3)N(C)C2=O)cc1I. The first-order chi connectivity index (χ1) is 12.9. The van der Waals surface area contributed by atoms with Gasteiger partial charge in [0.1, 0.15) is 5.75 Å². The van der Waals surface area contributed by atoms with Gasteiger partial charge < -0.3 is 9.84 Å². The van der Waals surface area contributed by atoms with E-state index in [9.17, 15) is 9.59 Å². The molecule has 8 heteroatoms. The summed E-state index contributed by atoms with van der Waals surface area (Å²) in [6.07, 6.45) is 1.81. The Labute approximate surface area is 174 Å². The standard InChI is InChI=1S/C19H15IN2O4S/c1-22-17(23)16(9-11-6-7-15(26-2)14(20)8-11)27-19(22)21-13-5-3-4-12(10-13)18(24)25/h3-10H,1-2H3,(H,24,25). The molecule has 27 heavy (non-hydrogen) atoms. The summed E-state index contributed by atoms with van der Waals surface area (Å²) in [7, 11) is 3.26. The largest absolute Gasteiger partial charge is 0.496 e. The summed E-state index contributed by atoms with van der Waals surface area (Å²) in [5.41, 5.74) is 1.52. The third-order valence-corrected chi connectivity index (χ3v) is 5.70. The van der Waals surface area contributed by atoms with E-state index in [1.807, 2.05) is 18.2 Å². The normalized spacial score (nSPS) is 17.0. The summed E-state index contributed by atoms with van der Waals surface area (Å²) in [5, 5.41) is 9.59. The number of nitrogens with zero attached hydrogens (tertiary/aromatic N) is 2. The van der Waals surface area contributed by atoms with Gasteiger partial charge in [-0.3, -0.25) is 9.69 Å². The lowest BCUT2D eigenvalue weighted by atomic mass is 10.2. The number of ether oxygens (including phenoxy) is 1. The zero-order valence-corrected chi connectivity index (χ0v) is 17.4. The van der Waals surface area contributed by atoms with Crippen LogP contribution in [0.5, 0.6) is 5.75 Å². The molecule has 2 aromatic carbocycles. The van der Waals surface area contributed by atoms with Crippen LogP contribution in [0.1, 0.15) is 15.9 Å². The lowest BCUT2D eigenvalue weighted by Crippen LogP contribution is -2.23. The molecule has 0 saturated carbocycles. The first kappa shape index (κ1) is 19.4. The number of carboxylic acids is 1. The Morgan fingerprint density at radius 3 is 2.74 bits per heavy atom. The fourth-order valence-electron chi connectivity index (χ4n) is 2.39. The number of methoxy groups -OCH3 is 1. The van der Waals surface area contributed by atoms with Crippen molar-refractivity contribution in [1.82, 2.24) is 4.90 Å². The van der Waals surface area contributed by atoms with Crippen molar-refractivity contribution >= 4 is 63.2 Å². The van der Waals surface area contributed by atoms with E-state index < -0.39 is 5.97 Å². The highest BCUT2D eigenvalue weighted by Crippen LogP contribution is 2.34. The Hall–Kier alpha value is -2.33. The van der Waals surface area contributed by atoms with Crippen molar-refractivity contribution in [2.45, 2.75) is 0 Å². The Morgan fingerprint density at radius 2 is 2.07 bits per heavy atom. The molecule has 1 amide bonds. The molecule has 0 spiro atoms. The molecule has 1 fully saturated rings. The summed E-state index contributed by atoms with van der Waals surface area (Å²) in [5.74, 6) is -0.393. The molecular weight excluding hydrogens is 479 g/mol. The number of carboxylic acid groups (broad SMARTS) is 1. The highest BCUT2D eigenvalue weighted by molar-refractivity contribution is 14.1. The molecule has 0 unspecified atom stereocenters. The zero-order valence-electron chi connectivity index (χ0n) is 14.5. The van der Waals surface area contributed by atoms with Gasteiger partial charge in [0.15, 0.2) is 5.17 Å². The van der Waals surface area contributed by atoms with Crippen molar-refractivity contribution in [1.29, 1.82) is 0 Å². The number of halogens is 1. The van der Waals surface area contributed by atoms with Crippen LogP contribution in [-0.2, 0) is 4.79 Å². The molecule has 1 heterocycles. The van der Waals surface area contributed by atoms with E-state index in [0.717, 1.165) is 14.9 Å². The number of hydrogen-bond donors (Lipinski definition) is 1. The summed E-state index contributed by atoms with van der Waals surface area (Å²) in [6.45, 7) is 0. The predicted octanol–water partition coefficient (Wildman–Crippen LogP) is 4.23. The number of thioether (sulfide) groups is 1. The average Bonchev–Trinajstić information content (AvgIpc) is 2.90. The lowest BCUT2D eigenvalue weighted by Gasteiger charge is -2.07. The first-order valence-electron chi connectivity index (χ1n) is 7.82. The molecular formula is C19H15IN2O4S. The van der Waals surface area contributed by atoms with Gasteiger partial charge in [-0.2, -0.15) is 0 Å². The minimum Gasteiger partial charge on any atom is -0.496 e. The van der Waals surface area contributed by atoms with Crippen LogP contribution in [0.3, 0.4) is 0 Å². The molecule has 0 aromatic heterocycles. The van der Waals surface area contributed by atoms with E-state index in [2.05, 4.69) is 27.6 Å². The van der Waals surface area contributed by atoms with Crippen molar-refractivity contribution in [3.8, 4) is 5.75 Å². The molecule has 3 rings (SSSR count). The number of rotatable bonds is 4. The van der Waals surface area contributed by atoms with Crippen molar-refractivity contribution in [3.63, 3.8) is 0 Å². The molecule has 1 saturated heterocycles. The maximum absolute atomic E-state index is 12.5. The van der Waals surface area contributed by atoms with Crippen molar-refractivity contribution in [2.75, 3.05) is 14.2 Å². The van der Waals surface area contributed by atoms with Crippen LogP contribution in [0.2, 0.25) is 0 Å². The van der Waals surface area contributed by atoms with Crippen LogP contribution < -0.4 is 4.74 Å². The second kappa shape index (κ2) is 8.13. The number of carbonyl (C=O) groups is 2. The molecule has 1 aliphatic rings. The van der Waals surface area contributed by atoms with Crippen LogP contribution in [-0.4, -0.2) is 41.2 Å². The molecule has 0 bridgehead atoms. The molecule has 138 valence electrons. The highest BCUT2D eigenvalue weighted by atomic mass is 127. The van der Waals surface area contributed by atoms with Crippen LogP contribution in [0.25, 0.3) is 6.08 Å². The van der Waals surface area contributed by atoms with E-state index in [1.165, 1.54) is 28.8 Å². The van der Waals surface area contributed by atoms with Crippen LogP contribution >= 0.6 is 34.4 Å². The maximum Gasteiger partial charge on any atom is 0.335 e. The lowest BCUT2D eigenvalue weighted by molar-refractivity contribution is -0.121. The van der Waals surface area contributed by atoms with E-state index >= 15 is 0 Å². The molecule has 1 aliphatic heterocycles. The van der Waals surface area contributed by atoms with E-state index in [1.54, 1.807) is 32.4 Å². The summed E-state index contributed by atoms with van der Waals surface area (Å²) in [4.78, 5) is 30.1. The van der Waals surface area contributed by atoms with Crippen molar-refractivity contribution in [2.24, 2.45) is 4.99 Å². The third kappa shape index (κ3) is 4.33. The van der Waals surface area contributed by atoms with Gasteiger partial charge in [0.2, 0.25) is 0 Å². The molecule has 2 aromatic rings. The number of amides is 1. The van der Waals surface area contributed by atoms with E-state index in [-0.39, 0.29) is 11.5 Å². The third-order valence-electron chi connectivity index (χ3n) is 3.80. The Bertz CT molecular complexity index is 987. The number of benzene rings is 2. The predicted molar refractivity (Wildman–Crippen MR) is 115 cm³/mol. The molecule has 0 aliphatic carbocycles. The van der Waals surface area contributed by atoms with Crippen LogP contribution in [0, 0.1) is 3.57 Å². The maximum atomic E-state index is 12.5. The minimum atomic E-state index is -1.02. The van der Waals surface area contributed by atoms with Crippen LogP contribution in [0.15, 0.2) is 52.4 Å². The second-order valence-electron chi connectivity index (χ2n) is 5.62. The van der Waals surface area contributed by atoms with Gasteiger partial charge in [0.25, 0.3) is 5.91 Å².